The molecule has 0 fully saturated rings. The predicted molar refractivity (Wildman–Crippen MR) is 41.1 cm³/mol. The minimum Gasteiger partial charge on any atom is -0.396 e. The van der Waals surface area contributed by atoms with E-state index in [0.717, 1.165) is 6.20 Å². The summed E-state index contributed by atoms with van der Waals surface area (Å²) in [5, 5.41) is 7.19. The van der Waals surface area contributed by atoms with Gasteiger partial charge in [-0.05, 0) is 6.92 Å². The smallest absolute Gasteiger partial charge is 0.165 e. The van der Waals surface area contributed by atoms with Crippen molar-refractivity contribution in [3.63, 3.8) is 0 Å². The van der Waals surface area contributed by atoms with Crippen molar-refractivity contribution < 1.29 is 4.39 Å². The average Bonchev–Trinajstić information content (AvgIpc) is 1.94. The number of pyridine rings is 1. The van der Waals surface area contributed by atoms with E-state index in [4.69, 9.17) is 11.1 Å². The van der Waals surface area contributed by atoms with Gasteiger partial charge in [0.15, 0.2) is 5.82 Å². The lowest BCUT2D eigenvalue weighted by atomic mass is 10.1. The molecule has 0 saturated carbocycles. The molecule has 0 atom stereocenters. The Kier molecular flexibility index (Phi) is 1.85. The largest absolute Gasteiger partial charge is 0.396 e. The van der Waals surface area contributed by atoms with Crippen molar-refractivity contribution in [1.29, 1.82) is 5.41 Å². The molecule has 1 aromatic heterocycles. The van der Waals surface area contributed by atoms with Crippen LogP contribution in [0.4, 0.5) is 10.1 Å². The molecular formula is C7H8FN3. The molecule has 0 spiro atoms. The van der Waals surface area contributed by atoms with E-state index in [1.54, 1.807) is 0 Å². The first-order valence-electron chi connectivity index (χ1n) is 3.07. The maximum absolute atomic E-state index is 12.7. The summed E-state index contributed by atoms with van der Waals surface area (Å²) in [6, 6.07) is 0. The number of halogens is 1. The van der Waals surface area contributed by atoms with Gasteiger partial charge in [-0.25, -0.2) is 4.39 Å². The second-order valence-electron chi connectivity index (χ2n) is 2.21. The molecule has 58 valence electrons. The first-order chi connectivity index (χ1) is 5.13. The summed E-state index contributed by atoms with van der Waals surface area (Å²) in [7, 11) is 0. The average molecular weight is 153 g/mol. The zero-order chi connectivity index (χ0) is 8.43. The molecule has 0 unspecified atom stereocenters. The van der Waals surface area contributed by atoms with Gasteiger partial charge in [-0.15, -0.1) is 0 Å². The van der Waals surface area contributed by atoms with Crippen LogP contribution in [0.25, 0.3) is 0 Å². The zero-order valence-corrected chi connectivity index (χ0v) is 6.06. The van der Waals surface area contributed by atoms with Gasteiger partial charge in [-0.1, -0.05) is 0 Å². The van der Waals surface area contributed by atoms with Crippen LogP contribution in [0.5, 0.6) is 0 Å². The third-order valence-corrected chi connectivity index (χ3v) is 1.34. The number of hydrogen-bond donors (Lipinski definition) is 2. The summed E-state index contributed by atoms with van der Waals surface area (Å²) in [5.74, 6) is -0.575. The molecule has 0 bridgehead atoms. The van der Waals surface area contributed by atoms with Gasteiger partial charge in [-0.2, -0.15) is 0 Å². The minimum absolute atomic E-state index is 0.00694. The summed E-state index contributed by atoms with van der Waals surface area (Å²) in [6.45, 7) is 1.53. The molecule has 0 aromatic carbocycles. The van der Waals surface area contributed by atoms with Gasteiger partial charge in [0.05, 0.1) is 11.9 Å². The lowest BCUT2D eigenvalue weighted by molar-refractivity contribution is 0.626. The predicted octanol–water partition coefficient (Wildman–Crippen LogP) is 1.19. The van der Waals surface area contributed by atoms with Gasteiger partial charge < -0.3 is 11.1 Å². The normalized spacial score (nSPS) is 9.64. The molecule has 1 aromatic rings. The fourth-order valence-corrected chi connectivity index (χ4v) is 0.744. The topological polar surface area (TPSA) is 62.8 Å². The van der Waals surface area contributed by atoms with Crippen LogP contribution >= 0.6 is 0 Å². The third kappa shape index (κ3) is 1.34. The van der Waals surface area contributed by atoms with Crippen LogP contribution in [-0.4, -0.2) is 10.7 Å². The van der Waals surface area contributed by atoms with Crippen LogP contribution in [0, 0.1) is 11.2 Å². The number of rotatable bonds is 1. The molecule has 1 rings (SSSR count). The molecule has 0 aliphatic rings. The third-order valence-electron chi connectivity index (χ3n) is 1.34. The van der Waals surface area contributed by atoms with E-state index in [1.165, 1.54) is 13.1 Å². The summed E-state index contributed by atoms with van der Waals surface area (Å²) in [6.07, 6.45) is 2.41. The first-order valence-corrected chi connectivity index (χ1v) is 3.07. The maximum atomic E-state index is 12.7. The summed E-state index contributed by atoms with van der Waals surface area (Å²) in [5.41, 5.74) is 5.89. The van der Waals surface area contributed by atoms with Crippen LogP contribution in [0.2, 0.25) is 0 Å². The van der Waals surface area contributed by atoms with Gasteiger partial charge in [0.1, 0.15) is 0 Å². The summed E-state index contributed by atoms with van der Waals surface area (Å²) < 4.78 is 12.7. The van der Waals surface area contributed by atoms with Crippen LogP contribution in [-0.2, 0) is 0 Å². The van der Waals surface area contributed by atoms with Crippen molar-refractivity contribution in [2.24, 2.45) is 0 Å². The number of anilines is 1. The molecule has 11 heavy (non-hydrogen) atoms. The van der Waals surface area contributed by atoms with Crippen LogP contribution in [0.1, 0.15) is 12.5 Å². The number of nitrogens with zero attached hydrogens (tertiary/aromatic N) is 1. The second kappa shape index (κ2) is 2.65. The van der Waals surface area contributed by atoms with E-state index in [2.05, 4.69) is 4.98 Å². The van der Waals surface area contributed by atoms with Crippen LogP contribution in [0.15, 0.2) is 12.4 Å². The standard InChI is InChI=1S/C7H8FN3/c1-4(9)5-2-11-3-6(8)7(5)10/h2-3,9H,1H3,(H2,10,11). The van der Waals surface area contributed by atoms with Gasteiger partial charge in [0.25, 0.3) is 0 Å². The Balaban J connectivity index is 3.27. The molecule has 3 nitrogen and oxygen atoms in total. The van der Waals surface area contributed by atoms with Crippen LogP contribution in [0.3, 0.4) is 0 Å². The number of nitrogens with one attached hydrogen (secondary N) is 1. The van der Waals surface area contributed by atoms with Gasteiger partial charge in [-0.3, -0.25) is 4.98 Å². The molecule has 3 N–H and O–H groups in total. The van der Waals surface area contributed by atoms with E-state index in [0.29, 0.717) is 5.56 Å². The molecule has 0 amide bonds. The Bertz CT molecular complexity index is 296. The summed E-state index contributed by atoms with van der Waals surface area (Å²) in [4.78, 5) is 3.57. The number of nitrogens with two attached hydrogens (primary N) is 1. The highest BCUT2D eigenvalue weighted by Crippen LogP contribution is 2.13. The van der Waals surface area contributed by atoms with Crippen molar-refractivity contribution >= 4 is 11.4 Å². The SMILES string of the molecule is CC(=N)c1cncc(F)c1N. The Hall–Kier alpha value is -1.45. The molecule has 0 aliphatic heterocycles. The molecule has 1 heterocycles. The van der Waals surface area contributed by atoms with Crippen molar-refractivity contribution in [2.45, 2.75) is 6.92 Å². The highest BCUT2D eigenvalue weighted by Gasteiger charge is 2.05. The van der Waals surface area contributed by atoms with E-state index in [1.807, 2.05) is 0 Å². The van der Waals surface area contributed by atoms with Gasteiger partial charge >= 0.3 is 0 Å². The van der Waals surface area contributed by atoms with E-state index >= 15 is 0 Å². The zero-order valence-electron chi connectivity index (χ0n) is 6.06. The fourth-order valence-electron chi connectivity index (χ4n) is 0.744. The lowest BCUT2D eigenvalue weighted by Crippen LogP contribution is -2.02. The second-order valence-corrected chi connectivity index (χ2v) is 2.21. The Morgan fingerprint density at radius 3 is 2.73 bits per heavy atom. The monoisotopic (exact) mass is 153 g/mol. The Labute approximate surface area is 63.6 Å². The highest BCUT2D eigenvalue weighted by atomic mass is 19.1. The van der Waals surface area contributed by atoms with E-state index in [9.17, 15) is 4.39 Å². The number of aromatic nitrogens is 1. The number of nitrogen functional groups attached to an aromatic ring is 1. The maximum Gasteiger partial charge on any atom is 0.165 e. The van der Waals surface area contributed by atoms with Crippen molar-refractivity contribution in [3.05, 3.63) is 23.8 Å². The van der Waals surface area contributed by atoms with E-state index in [-0.39, 0.29) is 11.4 Å². The quantitative estimate of drug-likeness (QED) is 0.595. The Morgan fingerprint density at radius 1 is 1.64 bits per heavy atom. The molecule has 4 heteroatoms. The first kappa shape index (κ1) is 7.65. The van der Waals surface area contributed by atoms with Crippen molar-refractivity contribution in [3.8, 4) is 0 Å². The van der Waals surface area contributed by atoms with Crippen molar-refractivity contribution in [2.75, 3.05) is 5.73 Å². The van der Waals surface area contributed by atoms with Gasteiger partial charge in [0, 0.05) is 17.5 Å². The van der Waals surface area contributed by atoms with E-state index < -0.39 is 5.82 Å². The summed E-state index contributed by atoms with van der Waals surface area (Å²) >= 11 is 0. The highest BCUT2D eigenvalue weighted by molar-refractivity contribution is 6.00. The molecule has 0 aliphatic carbocycles. The lowest BCUT2D eigenvalue weighted by Gasteiger charge is -2.01. The van der Waals surface area contributed by atoms with Crippen molar-refractivity contribution in [1.82, 2.24) is 4.98 Å². The fraction of sp³-hybridized carbons (Fsp3) is 0.143. The van der Waals surface area contributed by atoms with Crippen LogP contribution < -0.4 is 5.73 Å². The molecule has 0 saturated heterocycles. The van der Waals surface area contributed by atoms with Gasteiger partial charge in [0.2, 0.25) is 0 Å². The Morgan fingerprint density at radius 2 is 2.27 bits per heavy atom. The minimum atomic E-state index is -0.575. The molecule has 0 radical (unpaired) electrons. The number of hydrogen-bond acceptors (Lipinski definition) is 3. The molecular weight excluding hydrogens is 145 g/mol.